The molecule has 0 radical (unpaired) electrons. The summed E-state index contributed by atoms with van der Waals surface area (Å²) in [5.41, 5.74) is 1.03. The number of piperidine rings is 1. The average molecular weight is 345 g/mol. The number of likely N-dealkylation sites (tertiary alicyclic amines) is 1. The maximum Gasteiger partial charge on any atom is 0.318 e. The first-order valence-electron chi connectivity index (χ1n) is 8.79. The van der Waals surface area contributed by atoms with Crippen molar-refractivity contribution in [3.63, 3.8) is 0 Å². The van der Waals surface area contributed by atoms with Crippen LogP contribution in [0.5, 0.6) is 0 Å². The van der Waals surface area contributed by atoms with Gasteiger partial charge in [-0.3, -0.25) is 0 Å². The molecule has 2 amide bonds. The number of nitrogens with one attached hydrogen (secondary N) is 1. The molecule has 1 N–H and O–H groups in total. The van der Waals surface area contributed by atoms with E-state index >= 15 is 0 Å². The van der Waals surface area contributed by atoms with Crippen LogP contribution in [0.4, 0.5) is 4.79 Å². The van der Waals surface area contributed by atoms with Gasteiger partial charge >= 0.3 is 6.03 Å². The largest absolute Gasteiger partial charge is 0.381 e. The zero-order valence-electron chi connectivity index (χ0n) is 13.7. The molecule has 0 spiro atoms. The van der Waals surface area contributed by atoms with Crippen molar-refractivity contribution in [2.45, 2.75) is 31.7 Å². The fourth-order valence-electron chi connectivity index (χ4n) is 3.54. The molecule has 0 saturated carbocycles. The maximum atomic E-state index is 12.7. The van der Waals surface area contributed by atoms with E-state index in [-0.39, 0.29) is 12.1 Å². The van der Waals surface area contributed by atoms with E-state index in [0.717, 1.165) is 56.0 Å². The third-order valence-corrected chi connectivity index (χ3v) is 6.06. The standard InChI is InChI=1S/C18H23N3O2S/c22-18(19-11-13-8-10-23-12-13)21-9-4-3-6-15(21)17-20-14-5-1-2-7-16(14)24-17/h1-2,5,7,13,15H,3-4,6,8-12H2,(H,19,22)/t13-,15+/m0/s1. The first kappa shape index (κ1) is 15.8. The summed E-state index contributed by atoms with van der Waals surface area (Å²) in [6.45, 7) is 3.11. The Balaban J connectivity index is 1.48. The zero-order valence-corrected chi connectivity index (χ0v) is 14.6. The summed E-state index contributed by atoms with van der Waals surface area (Å²) >= 11 is 1.72. The summed E-state index contributed by atoms with van der Waals surface area (Å²) in [6, 6.07) is 8.36. The van der Waals surface area contributed by atoms with Gasteiger partial charge in [0.15, 0.2) is 0 Å². The molecule has 2 atom stereocenters. The Hall–Kier alpha value is -1.66. The van der Waals surface area contributed by atoms with Gasteiger partial charge in [-0.2, -0.15) is 0 Å². The second-order valence-corrected chi connectivity index (χ2v) is 7.70. The van der Waals surface area contributed by atoms with E-state index in [1.807, 2.05) is 23.1 Å². The predicted octanol–water partition coefficient (Wildman–Crippen LogP) is 3.57. The van der Waals surface area contributed by atoms with Gasteiger partial charge in [-0.1, -0.05) is 12.1 Å². The minimum absolute atomic E-state index is 0.0471. The van der Waals surface area contributed by atoms with Crippen LogP contribution in [0.25, 0.3) is 10.2 Å². The van der Waals surface area contributed by atoms with Gasteiger partial charge in [0.25, 0.3) is 0 Å². The number of benzene rings is 1. The molecule has 2 aliphatic heterocycles. The molecule has 2 saturated heterocycles. The Morgan fingerprint density at radius 2 is 2.25 bits per heavy atom. The molecule has 2 aliphatic rings. The zero-order chi connectivity index (χ0) is 16.4. The lowest BCUT2D eigenvalue weighted by molar-refractivity contribution is 0.148. The van der Waals surface area contributed by atoms with Crippen LogP contribution in [0.3, 0.4) is 0 Å². The van der Waals surface area contributed by atoms with Crippen molar-refractivity contribution >= 4 is 27.6 Å². The molecular formula is C18H23N3O2S. The van der Waals surface area contributed by atoms with Crippen molar-refractivity contribution in [2.24, 2.45) is 5.92 Å². The molecule has 6 heteroatoms. The van der Waals surface area contributed by atoms with Gasteiger partial charge in [0.1, 0.15) is 5.01 Å². The number of nitrogens with zero attached hydrogens (tertiary/aromatic N) is 2. The Bertz CT molecular complexity index is 678. The lowest BCUT2D eigenvalue weighted by atomic mass is 10.0. The number of fused-ring (bicyclic) bond motifs is 1. The number of hydrogen-bond donors (Lipinski definition) is 1. The van der Waals surface area contributed by atoms with Crippen molar-refractivity contribution in [3.8, 4) is 0 Å². The SMILES string of the molecule is O=C(NC[C@@H]1CCOC1)N1CCCC[C@@H]1c1nc2ccccc2s1. The highest BCUT2D eigenvalue weighted by Crippen LogP contribution is 2.35. The number of para-hydroxylation sites is 1. The fraction of sp³-hybridized carbons (Fsp3) is 0.556. The average Bonchev–Trinajstić information content (AvgIpc) is 3.29. The van der Waals surface area contributed by atoms with Crippen LogP contribution >= 0.6 is 11.3 Å². The number of carbonyl (C=O) groups excluding carboxylic acids is 1. The highest BCUT2D eigenvalue weighted by atomic mass is 32.1. The molecule has 128 valence electrons. The summed E-state index contributed by atoms with van der Waals surface area (Å²) < 4.78 is 6.58. The lowest BCUT2D eigenvalue weighted by Crippen LogP contribution is -2.45. The van der Waals surface area contributed by atoms with Crippen LogP contribution < -0.4 is 5.32 Å². The number of thiazole rings is 1. The van der Waals surface area contributed by atoms with Gasteiger partial charge < -0.3 is 15.0 Å². The van der Waals surface area contributed by atoms with Crippen LogP contribution in [0.15, 0.2) is 24.3 Å². The normalized spacial score (nSPS) is 24.4. The van der Waals surface area contributed by atoms with Gasteiger partial charge in [-0.25, -0.2) is 9.78 Å². The van der Waals surface area contributed by atoms with E-state index in [1.54, 1.807) is 11.3 Å². The number of carbonyl (C=O) groups is 1. The van der Waals surface area contributed by atoms with Crippen molar-refractivity contribution in [2.75, 3.05) is 26.3 Å². The maximum absolute atomic E-state index is 12.7. The van der Waals surface area contributed by atoms with Crippen LogP contribution in [0.2, 0.25) is 0 Å². The third-order valence-electron chi connectivity index (χ3n) is 4.93. The third kappa shape index (κ3) is 3.26. The summed E-state index contributed by atoms with van der Waals surface area (Å²) in [6.07, 6.45) is 4.27. The molecule has 4 rings (SSSR count). The van der Waals surface area contributed by atoms with Gasteiger partial charge in [0.2, 0.25) is 0 Å². The van der Waals surface area contributed by atoms with Gasteiger partial charge in [0, 0.05) is 25.6 Å². The topological polar surface area (TPSA) is 54.5 Å². The van der Waals surface area contributed by atoms with E-state index in [1.165, 1.54) is 4.70 Å². The Morgan fingerprint density at radius 1 is 1.33 bits per heavy atom. The van der Waals surface area contributed by atoms with Crippen molar-refractivity contribution in [3.05, 3.63) is 29.3 Å². The van der Waals surface area contributed by atoms with Crippen LogP contribution in [0.1, 0.15) is 36.7 Å². The molecule has 1 aromatic carbocycles. The molecule has 2 fully saturated rings. The molecule has 0 aliphatic carbocycles. The number of urea groups is 1. The fourth-order valence-corrected chi connectivity index (χ4v) is 4.66. The smallest absolute Gasteiger partial charge is 0.318 e. The second kappa shape index (κ2) is 7.07. The minimum Gasteiger partial charge on any atom is -0.381 e. The number of aromatic nitrogens is 1. The van der Waals surface area contributed by atoms with Crippen molar-refractivity contribution < 1.29 is 9.53 Å². The van der Waals surface area contributed by atoms with Crippen LogP contribution in [0, 0.1) is 5.92 Å². The summed E-state index contributed by atoms with van der Waals surface area (Å²) in [7, 11) is 0. The molecule has 0 bridgehead atoms. The van der Waals surface area contributed by atoms with Gasteiger partial charge in [-0.15, -0.1) is 11.3 Å². The van der Waals surface area contributed by atoms with Gasteiger partial charge in [-0.05, 0) is 37.8 Å². The molecule has 1 aromatic heterocycles. The van der Waals surface area contributed by atoms with E-state index in [2.05, 4.69) is 11.4 Å². The number of ether oxygens (including phenoxy) is 1. The van der Waals surface area contributed by atoms with Gasteiger partial charge in [0.05, 0.1) is 22.9 Å². The minimum atomic E-state index is 0.0471. The summed E-state index contributed by atoms with van der Waals surface area (Å²) in [5, 5.41) is 4.18. The van der Waals surface area contributed by atoms with E-state index in [0.29, 0.717) is 12.5 Å². The number of hydrogen-bond acceptors (Lipinski definition) is 4. The number of rotatable bonds is 3. The highest BCUT2D eigenvalue weighted by Gasteiger charge is 2.30. The van der Waals surface area contributed by atoms with E-state index < -0.39 is 0 Å². The van der Waals surface area contributed by atoms with E-state index in [4.69, 9.17) is 9.72 Å². The molecule has 3 heterocycles. The van der Waals surface area contributed by atoms with Crippen LogP contribution in [-0.4, -0.2) is 42.2 Å². The monoisotopic (exact) mass is 345 g/mol. The highest BCUT2D eigenvalue weighted by molar-refractivity contribution is 7.18. The molecule has 24 heavy (non-hydrogen) atoms. The van der Waals surface area contributed by atoms with E-state index in [9.17, 15) is 4.79 Å². The Morgan fingerprint density at radius 3 is 3.08 bits per heavy atom. The second-order valence-electron chi connectivity index (χ2n) is 6.64. The Labute approximate surface area is 146 Å². The Kier molecular flexibility index (Phi) is 4.67. The molecule has 5 nitrogen and oxygen atoms in total. The van der Waals surface area contributed by atoms with Crippen molar-refractivity contribution in [1.29, 1.82) is 0 Å². The summed E-state index contributed by atoms with van der Waals surface area (Å²) in [4.78, 5) is 19.5. The number of amides is 2. The summed E-state index contributed by atoms with van der Waals surface area (Å²) in [5.74, 6) is 0.458. The predicted molar refractivity (Wildman–Crippen MR) is 95.2 cm³/mol. The first-order valence-corrected chi connectivity index (χ1v) is 9.60. The first-order chi connectivity index (χ1) is 11.8. The van der Waals surface area contributed by atoms with Crippen LogP contribution in [-0.2, 0) is 4.74 Å². The molecular weight excluding hydrogens is 322 g/mol. The lowest BCUT2D eigenvalue weighted by Gasteiger charge is -2.34. The molecule has 2 aromatic rings. The molecule has 0 unspecified atom stereocenters. The quantitative estimate of drug-likeness (QED) is 0.925. The van der Waals surface area contributed by atoms with Crippen molar-refractivity contribution in [1.82, 2.24) is 15.2 Å².